The topological polar surface area (TPSA) is 41.1 Å². The van der Waals surface area contributed by atoms with E-state index in [1.165, 1.54) is 24.0 Å². The van der Waals surface area contributed by atoms with E-state index in [1.54, 1.807) is 0 Å². The number of hydrogen-bond donors (Lipinski definition) is 2. The summed E-state index contributed by atoms with van der Waals surface area (Å²) >= 11 is 0. The number of carbonyl (C=O) groups excluding carboxylic acids is 1. The van der Waals surface area contributed by atoms with Gasteiger partial charge in [-0.2, -0.15) is 0 Å². The standard InChI is InChI=1S/C16H22N2O/c1-2-15(7-11-3-4-11)18-16(19)12-5-6-13-9-17-10-14(13)8-12/h5-6,8,11,15,17H,2-4,7,9-10H2,1H3,(H,18,19). The second kappa shape index (κ2) is 5.33. The van der Waals surface area contributed by atoms with Gasteiger partial charge in [0.1, 0.15) is 0 Å². The zero-order valence-electron chi connectivity index (χ0n) is 11.5. The van der Waals surface area contributed by atoms with Crippen molar-refractivity contribution >= 4 is 5.91 Å². The van der Waals surface area contributed by atoms with Crippen LogP contribution in [0.5, 0.6) is 0 Å². The highest BCUT2D eigenvalue weighted by atomic mass is 16.1. The molecule has 0 saturated heterocycles. The van der Waals surface area contributed by atoms with Gasteiger partial charge < -0.3 is 10.6 Å². The van der Waals surface area contributed by atoms with Crippen LogP contribution in [0.1, 0.15) is 54.1 Å². The number of amides is 1. The summed E-state index contributed by atoms with van der Waals surface area (Å²) in [5, 5.41) is 6.49. The maximum atomic E-state index is 12.3. The number of carbonyl (C=O) groups is 1. The highest BCUT2D eigenvalue weighted by molar-refractivity contribution is 5.94. The van der Waals surface area contributed by atoms with E-state index in [4.69, 9.17) is 0 Å². The van der Waals surface area contributed by atoms with Crippen molar-refractivity contribution in [2.24, 2.45) is 5.92 Å². The molecule has 3 heteroatoms. The SMILES string of the molecule is CCC(CC1CC1)NC(=O)c1ccc2c(c1)CNC2. The summed E-state index contributed by atoms with van der Waals surface area (Å²) in [4.78, 5) is 12.3. The molecule has 3 rings (SSSR count). The molecule has 102 valence electrons. The van der Waals surface area contributed by atoms with Crippen molar-refractivity contribution in [2.45, 2.75) is 51.7 Å². The minimum absolute atomic E-state index is 0.0854. The normalized spacial score (nSPS) is 19.0. The van der Waals surface area contributed by atoms with Gasteiger partial charge in [0.15, 0.2) is 0 Å². The van der Waals surface area contributed by atoms with Crippen molar-refractivity contribution in [3.05, 3.63) is 34.9 Å². The van der Waals surface area contributed by atoms with Crippen molar-refractivity contribution in [3.8, 4) is 0 Å². The number of hydrogen-bond acceptors (Lipinski definition) is 2. The first-order valence-electron chi connectivity index (χ1n) is 7.39. The summed E-state index contributed by atoms with van der Waals surface area (Å²) in [5.41, 5.74) is 3.39. The van der Waals surface area contributed by atoms with Crippen LogP contribution in [0.4, 0.5) is 0 Å². The van der Waals surface area contributed by atoms with Gasteiger partial charge in [0.2, 0.25) is 0 Å². The summed E-state index contributed by atoms with van der Waals surface area (Å²) in [6, 6.07) is 6.40. The van der Waals surface area contributed by atoms with Crippen LogP contribution in [0.3, 0.4) is 0 Å². The molecule has 1 fully saturated rings. The molecular weight excluding hydrogens is 236 g/mol. The molecule has 1 atom stereocenters. The minimum atomic E-state index is 0.0854. The Labute approximate surface area is 114 Å². The summed E-state index contributed by atoms with van der Waals surface area (Å²) < 4.78 is 0. The fourth-order valence-corrected chi connectivity index (χ4v) is 2.79. The Morgan fingerprint density at radius 2 is 2.16 bits per heavy atom. The van der Waals surface area contributed by atoms with Crippen molar-refractivity contribution in [2.75, 3.05) is 0 Å². The zero-order valence-corrected chi connectivity index (χ0v) is 11.5. The molecule has 0 radical (unpaired) electrons. The highest BCUT2D eigenvalue weighted by Crippen LogP contribution is 2.34. The molecule has 0 spiro atoms. The third-order valence-electron chi connectivity index (χ3n) is 4.24. The molecule has 1 heterocycles. The Bertz CT molecular complexity index is 480. The van der Waals surface area contributed by atoms with Crippen molar-refractivity contribution in [3.63, 3.8) is 0 Å². The summed E-state index contributed by atoms with van der Waals surface area (Å²) in [6.07, 6.45) is 4.86. The largest absolute Gasteiger partial charge is 0.349 e. The lowest BCUT2D eigenvalue weighted by atomic mass is 10.0. The lowest BCUT2D eigenvalue weighted by Gasteiger charge is -2.17. The first kappa shape index (κ1) is 12.7. The number of fused-ring (bicyclic) bond motifs is 1. The van der Waals surface area contributed by atoms with Crippen LogP contribution in [-0.2, 0) is 13.1 Å². The molecule has 2 N–H and O–H groups in total. The van der Waals surface area contributed by atoms with Crippen molar-refractivity contribution < 1.29 is 4.79 Å². The third-order valence-corrected chi connectivity index (χ3v) is 4.24. The summed E-state index contributed by atoms with van der Waals surface area (Å²) in [7, 11) is 0. The van der Waals surface area contributed by atoms with Crippen LogP contribution >= 0.6 is 0 Å². The second-order valence-electron chi connectivity index (χ2n) is 5.84. The third kappa shape index (κ3) is 2.98. The molecule has 19 heavy (non-hydrogen) atoms. The lowest BCUT2D eigenvalue weighted by molar-refractivity contribution is 0.0932. The van der Waals surface area contributed by atoms with E-state index >= 15 is 0 Å². The van der Waals surface area contributed by atoms with Crippen LogP contribution in [0.2, 0.25) is 0 Å². The predicted molar refractivity (Wildman–Crippen MR) is 75.9 cm³/mol. The molecule has 2 aliphatic rings. The van der Waals surface area contributed by atoms with Gasteiger partial charge in [-0.25, -0.2) is 0 Å². The van der Waals surface area contributed by atoms with E-state index in [1.807, 2.05) is 12.1 Å². The van der Waals surface area contributed by atoms with Gasteiger partial charge in [0.25, 0.3) is 5.91 Å². The molecule has 1 unspecified atom stereocenters. The van der Waals surface area contributed by atoms with E-state index in [9.17, 15) is 4.79 Å². The fraction of sp³-hybridized carbons (Fsp3) is 0.562. The smallest absolute Gasteiger partial charge is 0.251 e. The van der Waals surface area contributed by atoms with Crippen LogP contribution < -0.4 is 10.6 Å². The zero-order chi connectivity index (χ0) is 13.2. The first-order valence-corrected chi connectivity index (χ1v) is 7.39. The highest BCUT2D eigenvalue weighted by Gasteiger charge is 2.25. The molecule has 1 aromatic carbocycles. The number of nitrogens with one attached hydrogen (secondary N) is 2. The van der Waals surface area contributed by atoms with Crippen LogP contribution in [-0.4, -0.2) is 11.9 Å². The summed E-state index contributed by atoms with van der Waals surface area (Å²) in [6.45, 7) is 3.96. The van der Waals surface area contributed by atoms with Gasteiger partial charge in [-0.15, -0.1) is 0 Å². The average Bonchev–Trinajstić information content (AvgIpc) is 3.11. The van der Waals surface area contributed by atoms with Gasteiger partial charge >= 0.3 is 0 Å². The predicted octanol–water partition coefficient (Wildman–Crippen LogP) is 2.60. The molecule has 1 aromatic rings. The quantitative estimate of drug-likeness (QED) is 0.852. The van der Waals surface area contributed by atoms with Gasteiger partial charge in [-0.1, -0.05) is 25.8 Å². The van der Waals surface area contributed by atoms with Gasteiger partial charge in [-0.3, -0.25) is 4.79 Å². The molecule has 1 saturated carbocycles. The summed E-state index contributed by atoms with van der Waals surface area (Å²) in [5.74, 6) is 0.941. The Kier molecular flexibility index (Phi) is 3.56. The number of benzene rings is 1. The van der Waals surface area contributed by atoms with Crippen LogP contribution in [0.25, 0.3) is 0 Å². The monoisotopic (exact) mass is 258 g/mol. The van der Waals surface area contributed by atoms with E-state index in [2.05, 4.69) is 23.6 Å². The van der Waals surface area contributed by atoms with E-state index < -0.39 is 0 Å². The average molecular weight is 258 g/mol. The Hall–Kier alpha value is -1.35. The minimum Gasteiger partial charge on any atom is -0.349 e. The molecule has 1 aliphatic heterocycles. The molecule has 0 aromatic heterocycles. The maximum absolute atomic E-state index is 12.3. The van der Waals surface area contributed by atoms with Gasteiger partial charge in [0.05, 0.1) is 0 Å². The molecule has 1 aliphatic carbocycles. The molecular formula is C16H22N2O. The molecule has 0 bridgehead atoms. The van der Waals surface area contributed by atoms with Crippen molar-refractivity contribution in [1.82, 2.24) is 10.6 Å². The Balaban J connectivity index is 1.65. The van der Waals surface area contributed by atoms with Crippen LogP contribution in [0, 0.1) is 5.92 Å². The maximum Gasteiger partial charge on any atom is 0.251 e. The van der Waals surface area contributed by atoms with E-state index in [0.717, 1.165) is 37.4 Å². The van der Waals surface area contributed by atoms with E-state index in [0.29, 0.717) is 6.04 Å². The van der Waals surface area contributed by atoms with Crippen molar-refractivity contribution in [1.29, 1.82) is 0 Å². The number of rotatable bonds is 5. The fourth-order valence-electron chi connectivity index (χ4n) is 2.79. The van der Waals surface area contributed by atoms with Gasteiger partial charge in [-0.05, 0) is 42.0 Å². The molecule has 3 nitrogen and oxygen atoms in total. The Morgan fingerprint density at radius 1 is 1.37 bits per heavy atom. The molecule has 1 amide bonds. The Morgan fingerprint density at radius 3 is 2.89 bits per heavy atom. The lowest BCUT2D eigenvalue weighted by Crippen LogP contribution is -2.34. The van der Waals surface area contributed by atoms with Crippen LogP contribution in [0.15, 0.2) is 18.2 Å². The second-order valence-corrected chi connectivity index (χ2v) is 5.84. The first-order chi connectivity index (χ1) is 9.26. The van der Waals surface area contributed by atoms with Gasteiger partial charge in [0, 0.05) is 24.7 Å². The van der Waals surface area contributed by atoms with E-state index in [-0.39, 0.29) is 5.91 Å².